The van der Waals surface area contributed by atoms with E-state index in [1.807, 2.05) is 63.1 Å². The first-order chi connectivity index (χ1) is 16.2. The van der Waals surface area contributed by atoms with Gasteiger partial charge >= 0.3 is 5.97 Å². The van der Waals surface area contributed by atoms with E-state index in [9.17, 15) is 14.7 Å². The zero-order valence-electron chi connectivity index (χ0n) is 19.9. The molecule has 2 aromatic heterocycles. The van der Waals surface area contributed by atoms with E-state index in [1.54, 1.807) is 10.9 Å². The number of likely N-dealkylation sites (tertiary alicyclic amines) is 1. The summed E-state index contributed by atoms with van der Waals surface area (Å²) < 4.78 is 1.58. The maximum atomic E-state index is 13.5. The summed E-state index contributed by atoms with van der Waals surface area (Å²) in [6.07, 6.45) is 2.83. The molecule has 1 N–H and O–H groups in total. The zero-order valence-corrected chi connectivity index (χ0v) is 20.7. The van der Waals surface area contributed by atoms with Crippen molar-refractivity contribution in [3.63, 3.8) is 0 Å². The zero-order chi connectivity index (χ0) is 24.5. The van der Waals surface area contributed by atoms with E-state index in [1.165, 1.54) is 16.2 Å². The number of hydrogen-bond acceptors (Lipinski definition) is 7. The van der Waals surface area contributed by atoms with E-state index in [0.717, 1.165) is 16.1 Å². The fourth-order valence-corrected chi connectivity index (χ4v) is 5.26. The minimum Gasteiger partial charge on any atom is -0.479 e. The third kappa shape index (κ3) is 4.60. The lowest BCUT2D eigenvalue weighted by molar-refractivity contribution is -0.158. The van der Waals surface area contributed by atoms with Gasteiger partial charge in [0.25, 0.3) is 0 Å². The monoisotopic (exact) mass is 482 g/mol. The molecule has 1 saturated heterocycles. The molecule has 0 saturated carbocycles. The number of carboxylic acid groups (broad SMARTS) is 1. The number of carbonyl (C=O) groups is 2. The van der Waals surface area contributed by atoms with Crippen molar-refractivity contribution in [2.75, 3.05) is 13.6 Å². The van der Waals surface area contributed by atoms with Crippen molar-refractivity contribution >= 4 is 23.2 Å². The summed E-state index contributed by atoms with van der Waals surface area (Å²) in [7, 11) is 1.89. The lowest BCUT2D eigenvalue weighted by atomic mass is 9.90. The van der Waals surface area contributed by atoms with Gasteiger partial charge in [0, 0.05) is 24.4 Å². The number of amides is 1. The van der Waals surface area contributed by atoms with Crippen LogP contribution < -0.4 is 0 Å². The Morgan fingerprint density at radius 3 is 2.65 bits per heavy atom. The van der Waals surface area contributed by atoms with Crippen molar-refractivity contribution in [1.82, 2.24) is 29.8 Å². The number of hydrogen-bond donors (Lipinski definition) is 1. The molecule has 1 aliphatic heterocycles. The molecule has 1 fully saturated rings. The Hall–Kier alpha value is -3.11. The van der Waals surface area contributed by atoms with Crippen molar-refractivity contribution in [2.45, 2.75) is 58.2 Å². The number of carboxylic acids is 1. The second kappa shape index (κ2) is 9.63. The molecule has 0 spiro atoms. The van der Waals surface area contributed by atoms with Crippen LogP contribution in [0, 0.1) is 13.8 Å². The summed E-state index contributed by atoms with van der Waals surface area (Å²) in [6, 6.07) is 9.45. The lowest BCUT2D eigenvalue weighted by Crippen LogP contribution is -2.58. The summed E-state index contributed by atoms with van der Waals surface area (Å²) >= 11 is 1.51. The van der Waals surface area contributed by atoms with Crippen LogP contribution in [0.25, 0.3) is 5.13 Å². The Bertz CT molecular complexity index is 1160. The first-order valence-corrected chi connectivity index (χ1v) is 12.2. The number of benzene rings is 1. The lowest BCUT2D eigenvalue weighted by Gasteiger charge is -2.37. The van der Waals surface area contributed by atoms with Crippen LogP contribution in [-0.4, -0.2) is 71.9 Å². The molecule has 0 radical (unpaired) electrons. The number of thiazole rings is 1. The molecule has 9 nitrogen and oxygen atoms in total. The average molecular weight is 483 g/mol. The van der Waals surface area contributed by atoms with E-state index in [0.29, 0.717) is 36.8 Å². The van der Waals surface area contributed by atoms with Gasteiger partial charge in [-0.2, -0.15) is 4.68 Å². The number of carbonyl (C=O) groups excluding carboxylic acids is 1. The number of aromatic nitrogens is 4. The fraction of sp³-hybridized carbons (Fsp3) is 0.458. The van der Waals surface area contributed by atoms with Crippen molar-refractivity contribution in [1.29, 1.82) is 0 Å². The summed E-state index contributed by atoms with van der Waals surface area (Å²) in [5, 5.41) is 19.4. The Morgan fingerprint density at radius 1 is 1.26 bits per heavy atom. The van der Waals surface area contributed by atoms with Gasteiger partial charge in [0.05, 0.1) is 23.6 Å². The number of aliphatic carboxylic acids is 1. The van der Waals surface area contributed by atoms with Crippen molar-refractivity contribution in [3.05, 3.63) is 58.4 Å². The van der Waals surface area contributed by atoms with E-state index in [2.05, 4.69) is 15.3 Å². The van der Waals surface area contributed by atoms with Gasteiger partial charge in [-0.25, -0.2) is 9.78 Å². The van der Waals surface area contributed by atoms with E-state index in [-0.39, 0.29) is 12.3 Å². The highest BCUT2D eigenvalue weighted by atomic mass is 32.1. The maximum absolute atomic E-state index is 13.5. The van der Waals surface area contributed by atoms with E-state index >= 15 is 0 Å². The number of aryl methyl sites for hydroxylation is 2. The first kappa shape index (κ1) is 24.0. The largest absolute Gasteiger partial charge is 0.479 e. The van der Waals surface area contributed by atoms with Crippen LogP contribution in [0.5, 0.6) is 0 Å². The molecule has 0 aliphatic carbocycles. The molecule has 4 rings (SSSR count). The van der Waals surface area contributed by atoms with Crippen LogP contribution in [0.15, 0.2) is 36.5 Å². The first-order valence-electron chi connectivity index (χ1n) is 11.4. The van der Waals surface area contributed by atoms with Gasteiger partial charge in [-0.05, 0) is 46.2 Å². The van der Waals surface area contributed by atoms with Gasteiger partial charge in [0.15, 0.2) is 0 Å². The highest BCUT2D eigenvalue weighted by Gasteiger charge is 2.51. The molecule has 180 valence electrons. The SMILES string of the molecule is Cc1nc(-n2cc(CC3(C(=O)O)CCCN3C(=O)C(C)N(C)Cc3ccccc3)nn2)sc1C. The highest BCUT2D eigenvalue weighted by molar-refractivity contribution is 7.14. The summed E-state index contributed by atoms with van der Waals surface area (Å²) in [6.45, 7) is 6.77. The third-order valence-electron chi connectivity index (χ3n) is 6.67. The molecule has 2 atom stereocenters. The van der Waals surface area contributed by atoms with Gasteiger partial charge in [0.2, 0.25) is 11.0 Å². The summed E-state index contributed by atoms with van der Waals surface area (Å²) in [5.41, 5.74) is 1.21. The second-order valence-corrected chi connectivity index (χ2v) is 10.2. The number of rotatable bonds is 8. The Balaban J connectivity index is 1.53. The highest BCUT2D eigenvalue weighted by Crippen LogP contribution is 2.34. The Kier molecular flexibility index (Phi) is 6.81. The quantitative estimate of drug-likeness (QED) is 0.526. The van der Waals surface area contributed by atoms with Crippen LogP contribution in [0.2, 0.25) is 0 Å². The topological polar surface area (TPSA) is 104 Å². The third-order valence-corrected chi connectivity index (χ3v) is 7.74. The Morgan fingerprint density at radius 2 is 2.00 bits per heavy atom. The molecule has 1 aromatic carbocycles. The summed E-state index contributed by atoms with van der Waals surface area (Å²) in [4.78, 5) is 35.2. The van der Waals surface area contributed by atoms with Crippen molar-refractivity contribution < 1.29 is 14.7 Å². The second-order valence-electron chi connectivity index (χ2n) is 8.98. The standard InChI is InChI=1S/C24H30N6O3S/c1-16-18(3)34-23(25-16)30-15-20(26-27-30)13-24(22(32)33)11-8-12-29(24)21(31)17(2)28(4)14-19-9-6-5-7-10-19/h5-7,9-10,15,17H,8,11-14H2,1-4H3,(H,32,33). The number of likely N-dealkylation sites (N-methyl/N-ethyl adjacent to an activating group) is 1. The van der Waals surface area contributed by atoms with Gasteiger partial charge in [0.1, 0.15) is 5.54 Å². The smallest absolute Gasteiger partial charge is 0.330 e. The van der Waals surface area contributed by atoms with Crippen LogP contribution in [-0.2, 0) is 22.6 Å². The van der Waals surface area contributed by atoms with Crippen LogP contribution >= 0.6 is 11.3 Å². The Labute approximate surface area is 203 Å². The normalized spacial score (nSPS) is 19.0. The molecule has 1 amide bonds. The molecule has 0 bridgehead atoms. The molecule has 34 heavy (non-hydrogen) atoms. The van der Waals surface area contributed by atoms with Crippen LogP contribution in [0.4, 0.5) is 0 Å². The van der Waals surface area contributed by atoms with Gasteiger partial charge < -0.3 is 10.0 Å². The minimum atomic E-state index is -1.34. The number of nitrogens with zero attached hydrogens (tertiary/aromatic N) is 6. The predicted molar refractivity (Wildman–Crippen MR) is 129 cm³/mol. The molecule has 2 unspecified atom stereocenters. The van der Waals surface area contributed by atoms with Gasteiger partial charge in [-0.15, -0.1) is 5.10 Å². The molecule has 3 heterocycles. The predicted octanol–water partition coefficient (Wildman–Crippen LogP) is 2.85. The molecular weight excluding hydrogens is 452 g/mol. The molecule has 1 aliphatic rings. The van der Waals surface area contributed by atoms with Crippen molar-refractivity contribution in [2.24, 2.45) is 0 Å². The van der Waals surface area contributed by atoms with E-state index < -0.39 is 17.6 Å². The summed E-state index contributed by atoms with van der Waals surface area (Å²) in [5.74, 6) is -1.19. The average Bonchev–Trinajstić information content (AvgIpc) is 3.53. The maximum Gasteiger partial charge on any atom is 0.330 e. The van der Waals surface area contributed by atoms with E-state index in [4.69, 9.17) is 0 Å². The van der Waals surface area contributed by atoms with Crippen molar-refractivity contribution in [3.8, 4) is 5.13 Å². The van der Waals surface area contributed by atoms with Gasteiger partial charge in [-0.1, -0.05) is 46.9 Å². The minimum absolute atomic E-state index is 0.104. The fourth-order valence-electron chi connectivity index (χ4n) is 4.43. The van der Waals surface area contributed by atoms with Crippen LogP contribution in [0.3, 0.4) is 0 Å². The molecular formula is C24H30N6O3S. The molecule has 10 heteroatoms. The van der Waals surface area contributed by atoms with Gasteiger partial charge in [-0.3, -0.25) is 9.69 Å². The molecule has 3 aromatic rings. The van der Waals surface area contributed by atoms with Crippen LogP contribution in [0.1, 0.15) is 41.6 Å².